The van der Waals surface area contributed by atoms with E-state index >= 15 is 0 Å². The summed E-state index contributed by atoms with van der Waals surface area (Å²) in [6, 6.07) is 6.99. The summed E-state index contributed by atoms with van der Waals surface area (Å²) < 4.78 is 52.1. The largest absolute Gasteiger partial charge is 0.355 e. The highest BCUT2D eigenvalue weighted by Crippen LogP contribution is 2.10. The van der Waals surface area contributed by atoms with Gasteiger partial charge in [-0.3, -0.25) is 4.79 Å². The maximum absolute atomic E-state index is 12.5. The van der Waals surface area contributed by atoms with Crippen molar-refractivity contribution in [1.82, 2.24) is 14.3 Å². The Labute approximate surface area is 172 Å². The van der Waals surface area contributed by atoms with E-state index in [1.165, 1.54) is 35.2 Å². The molecule has 1 atom stereocenters. The average Bonchev–Trinajstić information content (AvgIpc) is 2.68. The van der Waals surface area contributed by atoms with Gasteiger partial charge in [-0.1, -0.05) is 18.2 Å². The van der Waals surface area contributed by atoms with Gasteiger partial charge in [0, 0.05) is 20.1 Å². The number of rotatable bonds is 13. The molecule has 1 amide bonds. The first-order chi connectivity index (χ1) is 13.1. The molecular formula is C17H29N3O5S3. The fourth-order valence-corrected chi connectivity index (χ4v) is 4.90. The number of carbonyl (C=O) groups excluding carboxylic acids is 1. The SMILES string of the molecule is CCS(=O)(=O)N(C)CCCNC(=O)C(CCSC)NS(=O)(=O)c1ccccc1. The summed E-state index contributed by atoms with van der Waals surface area (Å²) in [5.74, 6) is 0.218. The molecule has 2 N–H and O–H groups in total. The van der Waals surface area contributed by atoms with Crippen LogP contribution in [0.5, 0.6) is 0 Å². The first-order valence-corrected chi connectivity index (χ1v) is 13.4. The van der Waals surface area contributed by atoms with Crippen LogP contribution in [0, 0.1) is 0 Å². The first kappa shape index (κ1) is 24.9. The number of hydrogen-bond donors (Lipinski definition) is 2. The second kappa shape index (κ2) is 11.8. The predicted octanol–water partition coefficient (Wildman–Crippen LogP) is 0.874. The van der Waals surface area contributed by atoms with E-state index in [-0.39, 0.29) is 23.7 Å². The summed E-state index contributed by atoms with van der Waals surface area (Å²) in [4.78, 5) is 12.6. The zero-order chi connectivity index (χ0) is 21.2. The number of carbonyl (C=O) groups is 1. The van der Waals surface area contributed by atoms with Crippen LogP contribution in [0.15, 0.2) is 35.2 Å². The third kappa shape index (κ3) is 8.08. The second-order valence-electron chi connectivity index (χ2n) is 6.14. The second-order valence-corrected chi connectivity index (χ2v) is 11.2. The predicted molar refractivity (Wildman–Crippen MR) is 113 cm³/mol. The summed E-state index contributed by atoms with van der Waals surface area (Å²) in [6.45, 7) is 2.11. The Morgan fingerprint density at radius 2 is 1.82 bits per heavy atom. The molecule has 0 radical (unpaired) electrons. The Bertz CT molecular complexity index is 814. The van der Waals surface area contributed by atoms with Gasteiger partial charge in [0.15, 0.2) is 0 Å². The van der Waals surface area contributed by atoms with Gasteiger partial charge < -0.3 is 5.32 Å². The number of sulfonamides is 2. The van der Waals surface area contributed by atoms with E-state index in [0.717, 1.165) is 0 Å². The highest BCUT2D eigenvalue weighted by Gasteiger charge is 2.25. The number of nitrogens with zero attached hydrogens (tertiary/aromatic N) is 1. The monoisotopic (exact) mass is 451 g/mol. The topological polar surface area (TPSA) is 113 Å². The highest BCUT2D eigenvalue weighted by molar-refractivity contribution is 7.98. The third-order valence-electron chi connectivity index (χ3n) is 4.07. The number of thioether (sulfide) groups is 1. The van der Waals surface area contributed by atoms with E-state index in [4.69, 9.17) is 0 Å². The molecule has 1 aromatic carbocycles. The van der Waals surface area contributed by atoms with Crippen LogP contribution in [0.4, 0.5) is 0 Å². The van der Waals surface area contributed by atoms with Gasteiger partial charge in [0.25, 0.3) is 0 Å². The van der Waals surface area contributed by atoms with Gasteiger partial charge >= 0.3 is 0 Å². The van der Waals surface area contributed by atoms with Crippen LogP contribution >= 0.6 is 11.8 Å². The Morgan fingerprint density at radius 1 is 1.18 bits per heavy atom. The van der Waals surface area contributed by atoms with Gasteiger partial charge in [0.1, 0.15) is 6.04 Å². The molecule has 0 aromatic heterocycles. The molecule has 11 heteroatoms. The maximum atomic E-state index is 12.5. The Balaban J connectivity index is 2.65. The molecule has 1 aromatic rings. The lowest BCUT2D eigenvalue weighted by atomic mass is 10.2. The molecule has 0 saturated heterocycles. The fourth-order valence-electron chi connectivity index (χ4n) is 2.33. The van der Waals surface area contributed by atoms with E-state index in [1.54, 1.807) is 25.1 Å². The van der Waals surface area contributed by atoms with Crippen molar-refractivity contribution in [3.05, 3.63) is 30.3 Å². The Morgan fingerprint density at radius 3 is 2.39 bits per heavy atom. The smallest absolute Gasteiger partial charge is 0.241 e. The quantitative estimate of drug-likeness (QED) is 0.431. The van der Waals surface area contributed by atoms with Crippen molar-refractivity contribution < 1.29 is 21.6 Å². The summed E-state index contributed by atoms with van der Waals surface area (Å²) >= 11 is 1.52. The van der Waals surface area contributed by atoms with Gasteiger partial charge in [0.2, 0.25) is 26.0 Å². The standard InChI is InChI=1S/C17H29N3O5S3/c1-4-27(22,23)20(2)13-8-12-18-17(21)16(11-14-26-3)19-28(24,25)15-9-6-5-7-10-15/h5-7,9-10,16,19H,4,8,11-14H2,1-3H3,(H,18,21). The molecule has 1 rings (SSSR count). The van der Waals surface area contributed by atoms with E-state index in [9.17, 15) is 21.6 Å². The number of amides is 1. The molecule has 28 heavy (non-hydrogen) atoms. The molecule has 0 fully saturated rings. The summed E-state index contributed by atoms with van der Waals surface area (Å²) in [7, 11) is -5.57. The Hall–Kier alpha value is -1.14. The van der Waals surface area contributed by atoms with Crippen LogP contribution in [0.3, 0.4) is 0 Å². The third-order valence-corrected chi connectivity index (χ3v) is 8.06. The Kier molecular flexibility index (Phi) is 10.5. The van der Waals surface area contributed by atoms with Crippen molar-refractivity contribution in [1.29, 1.82) is 0 Å². The molecule has 0 aliphatic heterocycles. The van der Waals surface area contributed by atoms with Gasteiger partial charge in [0.05, 0.1) is 10.6 Å². The van der Waals surface area contributed by atoms with Crippen molar-refractivity contribution in [3.63, 3.8) is 0 Å². The molecule has 0 aliphatic rings. The zero-order valence-corrected chi connectivity index (χ0v) is 18.9. The molecule has 0 saturated carbocycles. The molecular weight excluding hydrogens is 422 g/mol. The van der Waals surface area contributed by atoms with Crippen molar-refractivity contribution in [2.75, 3.05) is 37.9 Å². The lowest BCUT2D eigenvalue weighted by Crippen LogP contribution is -2.47. The minimum Gasteiger partial charge on any atom is -0.355 e. The molecule has 8 nitrogen and oxygen atoms in total. The fraction of sp³-hybridized carbons (Fsp3) is 0.588. The van der Waals surface area contributed by atoms with Crippen LogP contribution in [0.25, 0.3) is 0 Å². The lowest BCUT2D eigenvalue weighted by molar-refractivity contribution is -0.122. The van der Waals surface area contributed by atoms with Crippen molar-refractivity contribution in [2.24, 2.45) is 0 Å². The minimum atomic E-state index is -3.81. The van der Waals surface area contributed by atoms with Crippen LogP contribution in [0.1, 0.15) is 19.8 Å². The van der Waals surface area contributed by atoms with Gasteiger partial charge in [-0.2, -0.15) is 16.5 Å². The summed E-state index contributed by atoms with van der Waals surface area (Å²) in [6.07, 6.45) is 2.66. The van der Waals surface area contributed by atoms with E-state index < -0.39 is 32.0 Å². The molecule has 160 valence electrons. The van der Waals surface area contributed by atoms with Crippen molar-refractivity contribution >= 4 is 37.7 Å². The molecule has 0 aliphatic carbocycles. The van der Waals surface area contributed by atoms with Gasteiger partial charge in [-0.05, 0) is 43.9 Å². The van der Waals surface area contributed by atoms with Gasteiger partial charge in [-0.15, -0.1) is 0 Å². The average molecular weight is 452 g/mol. The highest BCUT2D eigenvalue weighted by atomic mass is 32.2. The maximum Gasteiger partial charge on any atom is 0.241 e. The number of benzene rings is 1. The van der Waals surface area contributed by atoms with Gasteiger partial charge in [-0.25, -0.2) is 21.1 Å². The van der Waals surface area contributed by atoms with Crippen LogP contribution < -0.4 is 10.0 Å². The molecule has 0 spiro atoms. The minimum absolute atomic E-state index is 0.0217. The van der Waals surface area contributed by atoms with Crippen molar-refractivity contribution in [3.8, 4) is 0 Å². The van der Waals surface area contributed by atoms with Crippen LogP contribution in [-0.2, 0) is 24.8 Å². The van der Waals surface area contributed by atoms with Crippen LogP contribution in [-0.4, -0.2) is 71.0 Å². The molecule has 1 unspecified atom stereocenters. The van der Waals surface area contributed by atoms with E-state index in [2.05, 4.69) is 10.0 Å². The first-order valence-electron chi connectivity index (χ1n) is 8.92. The molecule has 0 bridgehead atoms. The van der Waals surface area contributed by atoms with Crippen molar-refractivity contribution in [2.45, 2.75) is 30.7 Å². The summed E-state index contributed by atoms with van der Waals surface area (Å²) in [5.41, 5.74) is 0. The number of hydrogen-bond acceptors (Lipinski definition) is 6. The lowest BCUT2D eigenvalue weighted by Gasteiger charge is -2.19. The summed E-state index contributed by atoms with van der Waals surface area (Å²) in [5, 5.41) is 2.69. The van der Waals surface area contributed by atoms with E-state index in [1.807, 2.05) is 6.26 Å². The number of nitrogens with one attached hydrogen (secondary N) is 2. The zero-order valence-electron chi connectivity index (χ0n) is 16.4. The van der Waals surface area contributed by atoms with E-state index in [0.29, 0.717) is 18.6 Å². The van der Waals surface area contributed by atoms with Crippen LogP contribution in [0.2, 0.25) is 0 Å². The molecule has 0 heterocycles. The normalized spacial score (nSPS) is 13.4.